The largest absolute Gasteiger partial charge is 1.00 e. The van der Waals surface area contributed by atoms with Crippen molar-refractivity contribution in [3.63, 3.8) is 0 Å². The van der Waals surface area contributed by atoms with E-state index in [4.69, 9.17) is 0 Å². The summed E-state index contributed by atoms with van der Waals surface area (Å²) in [6, 6.07) is 0. The van der Waals surface area contributed by atoms with Crippen LogP contribution in [0.5, 0.6) is 0 Å². The fourth-order valence-corrected chi connectivity index (χ4v) is 1.82. The molecular weight excluding hydrogens is 287 g/mol. The molecule has 114 valence electrons. The first-order chi connectivity index (χ1) is 9.77. The van der Waals surface area contributed by atoms with E-state index in [0.717, 1.165) is 25.7 Å². The summed E-state index contributed by atoms with van der Waals surface area (Å²) in [6.45, 7) is 2.23. The Bertz CT molecular complexity index is 306. The van der Waals surface area contributed by atoms with Gasteiger partial charge in [0.2, 0.25) is 0 Å². The van der Waals surface area contributed by atoms with Crippen LogP contribution in [0.1, 0.15) is 71.1 Å². The average Bonchev–Trinajstić information content (AvgIpc) is 2.43. The van der Waals surface area contributed by atoms with Gasteiger partial charge in [-0.05, 0) is 51.4 Å². The van der Waals surface area contributed by atoms with Crippen molar-refractivity contribution < 1.29 is 61.3 Å². The van der Waals surface area contributed by atoms with E-state index in [1.807, 2.05) is 0 Å². The number of carboxylic acids is 1. The summed E-state index contributed by atoms with van der Waals surface area (Å²) in [7, 11) is 0. The molecule has 0 aliphatic heterocycles. The molecule has 0 N–H and O–H groups in total. The van der Waals surface area contributed by atoms with Crippen LogP contribution < -0.4 is 56.5 Å². The summed E-state index contributed by atoms with van der Waals surface area (Å²) in [5.41, 5.74) is 0. The van der Waals surface area contributed by atoms with E-state index in [9.17, 15) is 9.90 Å². The molecule has 0 saturated heterocycles. The Balaban J connectivity index is 0. The number of carboxylic acid groups (broad SMARTS) is 1. The molecule has 2 nitrogen and oxygen atoms in total. The minimum Gasteiger partial charge on any atom is -0.550 e. The van der Waals surface area contributed by atoms with Gasteiger partial charge < -0.3 is 9.90 Å². The predicted molar refractivity (Wildman–Crippen MR) is 84.3 cm³/mol. The quantitative estimate of drug-likeness (QED) is 0.292. The topological polar surface area (TPSA) is 40.1 Å². The third-order valence-electron chi connectivity index (χ3n) is 3.02. The zero-order valence-corrected chi connectivity index (χ0v) is 17.0. The van der Waals surface area contributed by atoms with Gasteiger partial charge in [-0.15, -0.1) is 0 Å². The van der Waals surface area contributed by atoms with Crippen molar-refractivity contribution in [1.29, 1.82) is 0 Å². The second-order valence-electron chi connectivity index (χ2n) is 5.00. The van der Waals surface area contributed by atoms with Gasteiger partial charge in [0.15, 0.2) is 0 Å². The van der Waals surface area contributed by atoms with Crippen molar-refractivity contribution in [3.05, 3.63) is 36.5 Å². The Morgan fingerprint density at radius 3 is 1.76 bits per heavy atom. The summed E-state index contributed by atoms with van der Waals surface area (Å²) >= 11 is 0. The molecule has 0 bridgehead atoms. The molecule has 0 rings (SSSR count). The standard InChI is InChI=1S/C18H30O2.K/c1-2-3-4-5-6-7-8-9-10-11-12-13-14-15-16-17-18(19)20;/h6-7,9-10,12-13H,2-5,8,11,14-17H2,1H3,(H,19,20);/q;+1/p-1/b7-6-,10-9-,13-12-;. The second kappa shape index (κ2) is 20.3. The molecule has 3 heteroatoms. The number of hydrogen-bond donors (Lipinski definition) is 0. The van der Waals surface area contributed by atoms with Crippen molar-refractivity contribution in [1.82, 2.24) is 0 Å². The molecule has 0 aromatic rings. The van der Waals surface area contributed by atoms with Crippen LogP contribution in [-0.4, -0.2) is 5.97 Å². The number of hydrogen-bond acceptors (Lipinski definition) is 2. The van der Waals surface area contributed by atoms with Crippen LogP contribution >= 0.6 is 0 Å². The van der Waals surface area contributed by atoms with E-state index >= 15 is 0 Å². The number of rotatable bonds is 13. The Kier molecular flexibility index (Phi) is 22.8. The summed E-state index contributed by atoms with van der Waals surface area (Å²) in [6.07, 6.45) is 23.0. The van der Waals surface area contributed by atoms with Gasteiger partial charge in [-0.3, -0.25) is 0 Å². The van der Waals surface area contributed by atoms with Crippen LogP contribution in [-0.2, 0) is 4.79 Å². The minimum atomic E-state index is -0.945. The van der Waals surface area contributed by atoms with Crippen LogP contribution in [0.3, 0.4) is 0 Å². The summed E-state index contributed by atoms with van der Waals surface area (Å²) in [4.78, 5) is 10.2. The first kappa shape index (κ1) is 23.6. The molecule has 0 aromatic heterocycles. The summed E-state index contributed by atoms with van der Waals surface area (Å²) in [5.74, 6) is -0.945. The molecule has 0 amide bonds. The van der Waals surface area contributed by atoms with Crippen molar-refractivity contribution in [2.45, 2.75) is 71.1 Å². The fourth-order valence-electron chi connectivity index (χ4n) is 1.82. The van der Waals surface area contributed by atoms with Crippen LogP contribution in [0.25, 0.3) is 0 Å². The molecular formula is C18H29KO2. The summed E-state index contributed by atoms with van der Waals surface area (Å²) in [5, 5.41) is 10.2. The Morgan fingerprint density at radius 2 is 1.29 bits per heavy atom. The minimum absolute atomic E-state index is 0. The maximum Gasteiger partial charge on any atom is 1.00 e. The number of carbonyl (C=O) groups excluding carboxylic acids is 1. The fraction of sp³-hybridized carbons (Fsp3) is 0.611. The Morgan fingerprint density at radius 1 is 0.810 bits per heavy atom. The van der Waals surface area contributed by atoms with E-state index in [1.165, 1.54) is 25.7 Å². The molecule has 0 aromatic carbocycles. The number of unbranched alkanes of at least 4 members (excludes halogenated alkanes) is 5. The van der Waals surface area contributed by atoms with E-state index in [-0.39, 0.29) is 57.8 Å². The van der Waals surface area contributed by atoms with Crippen LogP contribution in [0, 0.1) is 0 Å². The SMILES string of the molecule is CCCCC/C=C\C/C=C\C/C=C\CCCCC(=O)[O-].[K+]. The van der Waals surface area contributed by atoms with Crippen LogP contribution in [0.2, 0.25) is 0 Å². The van der Waals surface area contributed by atoms with E-state index in [0.29, 0.717) is 6.42 Å². The molecule has 0 spiro atoms. The third kappa shape index (κ3) is 22.7. The van der Waals surface area contributed by atoms with Crippen molar-refractivity contribution in [2.75, 3.05) is 0 Å². The summed E-state index contributed by atoms with van der Waals surface area (Å²) < 4.78 is 0. The first-order valence-electron chi connectivity index (χ1n) is 7.92. The maximum atomic E-state index is 10.2. The molecule has 0 heterocycles. The Labute approximate surface area is 173 Å². The van der Waals surface area contributed by atoms with Gasteiger partial charge in [-0.2, -0.15) is 0 Å². The predicted octanol–water partition coefficient (Wildman–Crippen LogP) is 1.33. The molecule has 0 unspecified atom stereocenters. The molecule has 0 aliphatic carbocycles. The zero-order chi connectivity index (χ0) is 14.9. The molecule has 0 saturated carbocycles. The van der Waals surface area contributed by atoms with Gasteiger partial charge in [0.05, 0.1) is 0 Å². The van der Waals surface area contributed by atoms with Crippen LogP contribution in [0.4, 0.5) is 0 Å². The number of allylic oxidation sites excluding steroid dienone is 6. The third-order valence-corrected chi connectivity index (χ3v) is 3.02. The Hall–Kier alpha value is 0.326. The first-order valence-corrected chi connectivity index (χ1v) is 7.92. The average molecular weight is 317 g/mol. The zero-order valence-electron chi connectivity index (χ0n) is 13.9. The molecule has 0 atom stereocenters. The van der Waals surface area contributed by atoms with Gasteiger partial charge >= 0.3 is 51.4 Å². The van der Waals surface area contributed by atoms with E-state index in [2.05, 4.69) is 43.4 Å². The molecule has 0 radical (unpaired) electrons. The number of carbonyl (C=O) groups is 1. The molecule has 21 heavy (non-hydrogen) atoms. The molecule has 0 fully saturated rings. The van der Waals surface area contributed by atoms with E-state index in [1.54, 1.807) is 0 Å². The second-order valence-corrected chi connectivity index (χ2v) is 5.00. The normalized spacial score (nSPS) is 11.5. The number of aliphatic carboxylic acids is 1. The van der Waals surface area contributed by atoms with Crippen LogP contribution in [0.15, 0.2) is 36.5 Å². The van der Waals surface area contributed by atoms with Gasteiger partial charge in [-0.25, -0.2) is 0 Å². The van der Waals surface area contributed by atoms with Crippen molar-refractivity contribution in [3.8, 4) is 0 Å². The van der Waals surface area contributed by atoms with E-state index < -0.39 is 5.97 Å². The van der Waals surface area contributed by atoms with Gasteiger partial charge in [0, 0.05) is 5.97 Å². The van der Waals surface area contributed by atoms with Gasteiger partial charge in [0.25, 0.3) is 0 Å². The van der Waals surface area contributed by atoms with Crippen molar-refractivity contribution >= 4 is 5.97 Å². The monoisotopic (exact) mass is 316 g/mol. The van der Waals surface area contributed by atoms with Gasteiger partial charge in [-0.1, -0.05) is 56.2 Å². The smallest absolute Gasteiger partial charge is 0.550 e. The van der Waals surface area contributed by atoms with Crippen molar-refractivity contribution in [2.24, 2.45) is 0 Å². The molecule has 0 aliphatic rings. The maximum absolute atomic E-state index is 10.2. The van der Waals surface area contributed by atoms with Gasteiger partial charge in [0.1, 0.15) is 0 Å².